The quantitative estimate of drug-likeness (QED) is 0.588. The van der Waals surface area contributed by atoms with Crippen molar-refractivity contribution >= 4 is 17.9 Å². The molecule has 0 aromatic heterocycles. The van der Waals surface area contributed by atoms with Crippen LogP contribution in [0.15, 0.2) is 23.8 Å². The van der Waals surface area contributed by atoms with Crippen LogP contribution >= 0.6 is 0 Å². The molecular weight excluding hydrogens is 372 g/mol. The van der Waals surface area contributed by atoms with Gasteiger partial charge in [-0.3, -0.25) is 9.69 Å². The Morgan fingerprint density at radius 2 is 2.21 bits per heavy atom. The number of ether oxygens (including phenoxy) is 1. The van der Waals surface area contributed by atoms with Crippen molar-refractivity contribution in [3.8, 4) is 11.5 Å². The van der Waals surface area contributed by atoms with Gasteiger partial charge in [-0.2, -0.15) is 0 Å². The second-order valence-electron chi connectivity index (χ2n) is 8.64. The average molecular weight is 398 g/mol. The first kappa shape index (κ1) is 18.6. The lowest BCUT2D eigenvalue weighted by Gasteiger charge is -2.54. The third kappa shape index (κ3) is 2.15. The minimum absolute atomic E-state index is 0.00248. The van der Waals surface area contributed by atoms with Crippen molar-refractivity contribution in [3.63, 3.8) is 0 Å². The van der Waals surface area contributed by atoms with Gasteiger partial charge >= 0.3 is 0 Å². The van der Waals surface area contributed by atoms with Crippen molar-refractivity contribution < 1.29 is 24.5 Å². The van der Waals surface area contributed by atoms with Gasteiger partial charge in [-0.15, -0.1) is 0 Å². The highest BCUT2D eigenvalue weighted by atomic mass is 16.5. The van der Waals surface area contributed by atoms with E-state index in [9.17, 15) is 19.8 Å². The molecule has 1 saturated carbocycles. The predicted molar refractivity (Wildman–Crippen MR) is 106 cm³/mol. The van der Waals surface area contributed by atoms with Crippen molar-refractivity contribution in [1.29, 1.82) is 0 Å². The molecule has 3 fully saturated rings. The Kier molecular flexibility index (Phi) is 4.05. The summed E-state index contributed by atoms with van der Waals surface area (Å²) in [6, 6.07) is 3.57. The zero-order valence-corrected chi connectivity index (χ0v) is 16.7. The van der Waals surface area contributed by atoms with Crippen molar-refractivity contribution in [1.82, 2.24) is 4.90 Å². The highest BCUT2D eigenvalue weighted by Gasteiger charge is 2.68. The van der Waals surface area contributed by atoms with Gasteiger partial charge in [0.2, 0.25) is 5.91 Å². The lowest BCUT2D eigenvalue weighted by Crippen LogP contribution is -2.65. The molecule has 2 saturated heterocycles. The molecule has 3 heterocycles. The number of methoxy groups -OCH3 is 1. The van der Waals surface area contributed by atoms with Gasteiger partial charge < -0.3 is 24.6 Å². The lowest BCUT2D eigenvalue weighted by atomic mass is 9.55. The number of hydrogen-bond acceptors (Lipinski definition) is 6. The Balaban J connectivity index is 1.78. The number of carbonyl (C=O) groups is 2. The number of piperidine rings is 1. The lowest BCUT2D eigenvalue weighted by molar-refractivity contribution is -0.120. The van der Waals surface area contributed by atoms with Gasteiger partial charge in [0, 0.05) is 30.8 Å². The topological polar surface area (TPSA) is 90.3 Å². The van der Waals surface area contributed by atoms with Gasteiger partial charge in [-0.05, 0) is 36.9 Å². The van der Waals surface area contributed by atoms with Crippen molar-refractivity contribution in [2.45, 2.75) is 37.3 Å². The average Bonchev–Trinajstić information content (AvgIpc) is 3.24. The van der Waals surface area contributed by atoms with Crippen LogP contribution in [-0.2, 0) is 15.0 Å². The van der Waals surface area contributed by atoms with E-state index >= 15 is 0 Å². The maximum Gasteiger partial charge on any atom is 0.224 e. The van der Waals surface area contributed by atoms with E-state index in [1.807, 2.05) is 12.1 Å². The van der Waals surface area contributed by atoms with E-state index in [1.54, 1.807) is 11.0 Å². The summed E-state index contributed by atoms with van der Waals surface area (Å²) >= 11 is 0. The number of aromatic hydroxyl groups is 1. The second kappa shape index (κ2) is 6.31. The number of phenols is 1. The number of hydrogen-bond donors (Lipinski definition) is 2. The summed E-state index contributed by atoms with van der Waals surface area (Å²) in [5, 5.41) is 20.5. The van der Waals surface area contributed by atoms with E-state index in [0.717, 1.165) is 43.4 Å². The van der Waals surface area contributed by atoms with Gasteiger partial charge in [-0.25, -0.2) is 0 Å². The number of aliphatic hydroxyl groups excluding tert-OH is 1. The van der Waals surface area contributed by atoms with Crippen LogP contribution in [0.3, 0.4) is 0 Å². The first-order chi connectivity index (χ1) is 14.0. The maximum atomic E-state index is 12.9. The van der Waals surface area contributed by atoms with Gasteiger partial charge in [0.05, 0.1) is 25.4 Å². The SMILES string of the molecule is COc1ccc2c(c1O)N(C(C)=O)C1C(C=O)C3CC4N(CCC241)CC3=CCO. The van der Waals surface area contributed by atoms with Crippen LogP contribution in [0.1, 0.15) is 25.3 Å². The molecule has 5 unspecified atom stereocenters. The zero-order valence-electron chi connectivity index (χ0n) is 16.7. The molecule has 3 aliphatic heterocycles. The minimum Gasteiger partial charge on any atom is -0.503 e. The van der Waals surface area contributed by atoms with Crippen LogP contribution in [0, 0.1) is 11.8 Å². The number of benzene rings is 1. The van der Waals surface area contributed by atoms with Gasteiger partial charge in [0.25, 0.3) is 0 Å². The molecule has 5 rings (SSSR count). The molecule has 0 radical (unpaired) electrons. The van der Waals surface area contributed by atoms with Crippen LogP contribution in [0.5, 0.6) is 11.5 Å². The Morgan fingerprint density at radius 3 is 2.86 bits per heavy atom. The second-order valence-corrected chi connectivity index (χ2v) is 8.64. The van der Waals surface area contributed by atoms with Crippen LogP contribution in [0.2, 0.25) is 0 Å². The van der Waals surface area contributed by atoms with Crippen LogP contribution in [0.4, 0.5) is 5.69 Å². The number of nitrogens with zero attached hydrogens (tertiary/aromatic N) is 2. The van der Waals surface area contributed by atoms with E-state index in [-0.39, 0.29) is 47.6 Å². The molecule has 4 aliphatic rings. The van der Waals surface area contributed by atoms with Gasteiger partial charge in [-0.1, -0.05) is 17.7 Å². The summed E-state index contributed by atoms with van der Waals surface area (Å²) < 4.78 is 5.31. The number of aliphatic hydroxyl groups is 1. The third-order valence-electron chi connectivity index (χ3n) is 7.75. The van der Waals surface area contributed by atoms with Crippen LogP contribution in [-0.4, -0.2) is 66.2 Å². The molecule has 2 N–H and O–H groups in total. The summed E-state index contributed by atoms with van der Waals surface area (Å²) in [7, 11) is 1.49. The zero-order chi connectivity index (χ0) is 20.5. The fourth-order valence-electron chi connectivity index (χ4n) is 6.80. The molecule has 2 bridgehead atoms. The maximum absolute atomic E-state index is 12.9. The molecule has 5 atom stereocenters. The fraction of sp³-hybridized carbons (Fsp3) is 0.545. The number of rotatable bonds is 3. The largest absolute Gasteiger partial charge is 0.503 e. The van der Waals surface area contributed by atoms with Crippen molar-refractivity contribution in [2.24, 2.45) is 11.8 Å². The summed E-state index contributed by atoms with van der Waals surface area (Å²) in [6.45, 7) is 3.04. The van der Waals surface area contributed by atoms with Crippen LogP contribution in [0.25, 0.3) is 0 Å². The fourth-order valence-corrected chi connectivity index (χ4v) is 6.80. The molecule has 29 heavy (non-hydrogen) atoms. The molecule has 7 nitrogen and oxygen atoms in total. The monoisotopic (exact) mass is 398 g/mol. The summed E-state index contributed by atoms with van der Waals surface area (Å²) in [6.07, 6.45) is 4.46. The number of anilines is 1. The highest BCUT2D eigenvalue weighted by Crippen LogP contribution is 2.65. The predicted octanol–water partition coefficient (Wildman–Crippen LogP) is 1.22. The van der Waals surface area contributed by atoms with E-state index in [4.69, 9.17) is 4.74 Å². The molecule has 1 aliphatic carbocycles. The summed E-state index contributed by atoms with van der Waals surface area (Å²) in [4.78, 5) is 29.4. The molecule has 1 spiro atoms. The summed E-state index contributed by atoms with van der Waals surface area (Å²) in [5.74, 6) is -0.280. The third-order valence-corrected chi connectivity index (χ3v) is 7.75. The first-order valence-corrected chi connectivity index (χ1v) is 10.2. The van der Waals surface area contributed by atoms with Crippen LogP contribution < -0.4 is 9.64 Å². The molecule has 1 aromatic rings. The molecule has 154 valence electrons. The van der Waals surface area contributed by atoms with E-state index < -0.39 is 0 Å². The van der Waals surface area contributed by atoms with E-state index in [0.29, 0.717) is 11.4 Å². The molecular formula is C22H26N2O5. The Bertz CT molecular complexity index is 928. The smallest absolute Gasteiger partial charge is 0.224 e. The molecule has 1 amide bonds. The molecule has 1 aromatic carbocycles. The van der Waals surface area contributed by atoms with Crippen molar-refractivity contribution in [2.75, 3.05) is 31.7 Å². The number of phenolic OH excluding ortho intramolecular Hbond substituents is 1. The Labute approximate surface area is 169 Å². The highest BCUT2D eigenvalue weighted by molar-refractivity contribution is 5.99. The van der Waals surface area contributed by atoms with Crippen molar-refractivity contribution in [3.05, 3.63) is 29.3 Å². The standard InChI is InChI=1S/C22H26N2O5/c1-12(27)24-19-16(3-4-17(29-2)20(19)28)22-6-7-23-10-13(5-8-25)14(9-18(22)23)15(11-26)21(22)24/h3-5,11,14-15,18,21,25,28H,6-10H2,1-2H3. The van der Waals surface area contributed by atoms with Gasteiger partial charge in [0.15, 0.2) is 11.5 Å². The summed E-state index contributed by atoms with van der Waals surface area (Å²) in [5.41, 5.74) is 2.15. The minimum atomic E-state index is -0.383. The van der Waals surface area contributed by atoms with Gasteiger partial charge in [0.1, 0.15) is 6.29 Å². The number of carbonyl (C=O) groups excluding carboxylic acids is 2. The number of amides is 1. The number of aldehydes is 1. The number of fused-ring (bicyclic) bond motifs is 2. The Morgan fingerprint density at radius 1 is 1.41 bits per heavy atom. The Hall–Kier alpha value is -2.38. The van der Waals surface area contributed by atoms with E-state index in [2.05, 4.69) is 4.90 Å². The first-order valence-electron chi connectivity index (χ1n) is 10.2. The molecule has 7 heteroatoms. The van der Waals surface area contributed by atoms with E-state index in [1.165, 1.54) is 14.0 Å². The normalized spacial score (nSPS) is 36.1.